The summed E-state index contributed by atoms with van der Waals surface area (Å²) in [6.45, 7) is 13.5. The van der Waals surface area contributed by atoms with Crippen LogP contribution in [0.25, 0.3) is 0 Å². The van der Waals surface area contributed by atoms with Gasteiger partial charge < -0.3 is 18.9 Å². The van der Waals surface area contributed by atoms with Gasteiger partial charge >= 0.3 is 0 Å². The summed E-state index contributed by atoms with van der Waals surface area (Å²) in [6, 6.07) is 3.88. The van der Waals surface area contributed by atoms with E-state index in [1.165, 1.54) is 44.9 Å². The normalized spacial score (nSPS) is 10.5. The highest BCUT2D eigenvalue weighted by molar-refractivity contribution is 9.09. The maximum absolute atomic E-state index is 5.91. The molecule has 0 heterocycles. The quantitative estimate of drug-likeness (QED) is 0.101. The summed E-state index contributed by atoms with van der Waals surface area (Å²) in [5, 5.41) is 1.12. The van der Waals surface area contributed by atoms with E-state index in [-0.39, 0.29) is 0 Å². The van der Waals surface area contributed by atoms with Crippen LogP contribution in [0.3, 0.4) is 0 Å². The lowest BCUT2D eigenvalue weighted by Crippen LogP contribution is -2.05. The van der Waals surface area contributed by atoms with Gasteiger partial charge in [0.2, 0.25) is 5.75 Å². The van der Waals surface area contributed by atoms with Crippen molar-refractivity contribution in [1.29, 1.82) is 0 Å². The zero-order chi connectivity index (χ0) is 22.6. The van der Waals surface area contributed by atoms with Gasteiger partial charge in [0, 0.05) is 11.9 Å². The van der Waals surface area contributed by atoms with Crippen molar-refractivity contribution in [3.05, 3.63) is 55.7 Å². The first-order chi connectivity index (χ1) is 15.3. The molecule has 1 aromatic rings. The van der Waals surface area contributed by atoms with Crippen molar-refractivity contribution in [2.75, 3.05) is 31.8 Å². The molecule has 0 bridgehead atoms. The smallest absolute Gasteiger partial charge is 0.203 e. The molecule has 0 saturated carbocycles. The SMILES string of the molecule is C=CCOc1cc(COCCCCCCCCCCBr)cc(OCC=C)c1OCC=C. The standard InChI is InChI=1S/C26H39BrO4/c1-4-16-29-24-20-23(21-25(30-17-5-2)26(24)31-18-6-3)22-28-19-14-12-10-8-7-9-11-13-15-27/h4-6,20-21H,1-3,7-19,22H2. The lowest BCUT2D eigenvalue weighted by atomic mass is 10.1. The Morgan fingerprint density at radius 1 is 0.677 bits per heavy atom. The predicted molar refractivity (Wildman–Crippen MR) is 134 cm³/mol. The summed E-state index contributed by atoms with van der Waals surface area (Å²) in [5.74, 6) is 1.78. The molecule has 0 aliphatic heterocycles. The third kappa shape index (κ3) is 12.7. The maximum Gasteiger partial charge on any atom is 0.203 e. The zero-order valence-corrected chi connectivity index (χ0v) is 20.5. The van der Waals surface area contributed by atoms with Crippen molar-refractivity contribution in [1.82, 2.24) is 0 Å². The Morgan fingerprint density at radius 2 is 1.16 bits per heavy atom. The van der Waals surface area contributed by atoms with E-state index in [0.29, 0.717) is 43.7 Å². The van der Waals surface area contributed by atoms with Crippen molar-refractivity contribution in [2.45, 2.75) is 58.0 Å². The minimum absolute atomic E-state index is 0.362. The van der Waals surface area contributed by atoms with E-state index in [1.54, 1.807) is 18.2 Å². The summed E-state index contributed by atoms with van der Waals surface area (Å²) < 4.78 is 23.3. The van der Waals surface area contributed by atoms with Crippen LogP contribution < -0.4 is 14.2 Å². The molecule has 0 aliphatic carbocycles. The molecule has 174 valence electrons. The molecule has 0 aromatic heterocycles. The van der Waals surface area contributed by atoms with Gasteiger partial charge in [0.05, 0.1) is 6.61 Å². The average molecular weight is 495 g/mol. The van der Waals surface area contributed by atoms with Gasteiger partial charge in [-0.2, -0.15) is 0 Å². The van der Waals surface area contributed by atoms with Crippen LogP contribution in [0.15, 0.2) is 50.1 Å². The molecule has 0 fully saturated rings. The van der Waals surface area contributed by atoms with Crippen molar-refractivity contribution in [3.63, 3.8) is 0 Å². The number of hydrogen-bond donors (Lipinski definition) is 0. The van der Waals surface area contributed by atoms with E-state index < -0.39 is 0 Å². The lowest BCUT2D eigenvalue weighted by molar-refractivity contribution is 0.116. The molecule has 0 N–H and O–H groups in total. The number of halogens is 1. The van der Waals surface area contributed by atoms with Gasteiger partial charge in [-0.05, 0) is 30.5 Å². The number of benzene rings is 1. The van der Waals surface area contributed by atoms with Gasteiger partial charge in [-0.25, -0.2) is 0 Å². The topological polar surface area (TPSA) is 36.9 Å². The number of rotatable bonds is 21. The molecule has 0 amide bonds. The fraction of sp³-hybridized carbons (Fsp3) is 0.538. The molecular formula is C26H39BrO4. The Hall–Kier alpha value is -1.72. The lowest BCUT2D eigenvalue weighted by Gasteiger charge is -2.17. The molecular weight excluding hydrogens is 456 g/mol. The number of alkyl halides is 1. The molecule has 5 heteroatoms. The maximum atomic E-state index is 5.91. The molecule has 1 aromatic carbocycles. The van der Waals surface area contributed by atoms with Crippen LogP contribution in [0.4, 0.5) is 0 Å². The zero-order valence-electron chi connectivity index (χ0n) is 18.9. The molecule has 0 unspecified atom stereocenters. The number of unbranched alkanes of at least 4 members (excludes halogenated alkanes) is 7. The van der Waals surface area contributed by atoms with Crippen LogP contribution in [-0.4, -0.2) is 31.8 Å². The second-order valence-electron chi connectivity index (χ2n) is 7.29. The van der Waals surface area contributed by atoms with E-state index >= 15 is 0 Å². The largest absolute Gasteiger partial charge is 0.485 e. The van der Waals surface area contributed by atoms with Crippen LogP contribution in [0, 0.1) is 0 Å². The van der Waals surface area contributed by atoms with Gasteiger partial charge in [-0.1, -0.05) is 92.4 Å². The molecule has 0 saturated heterocycles. The average Bonchev–Trinajstić information content (AvgIpc) is 2.78. The number of ether oxygens (including phenoxy) is 4. The Labute approximate surface area is 197 Å². The molecule has 0 radical (unpaired) electrons. The van der Waals surface area contributed by atoms with E-state index in [9.17, 15) is 0 Å². The first kappa shape index (κ1) is 27.3. The highest BCUT2D eigenvalue weighted by Gasteiger charge is 2.15. The van der Waals surface area contributed by atoms with Crippen LogP contribution in [-0.2, 0) is 11.3 Å². The monoisotopic (exact) mass is 494 g/mol. The van der Waals surface area contributed by atoms with Crippen LogP contribution in [0.5, 0.6) is 17.2 Å². The molecule has 0 atom stereocenters. The van der Waals surface area contributed by atoms with Gasteiger partial charge in [-0.3, -0.25) is 0 Å². The minimum Gasteiger partial charge on any atom is -0.485 e. The Morgan fingerprint density at radius 3 is 1.68 bits per heavy atom. The summed E-state index contributed by atoms with van der Waals surface area (Å²) in [6.07, 6.45) is 15.3. The molecule has 0 aliphatic rings. The summed E-state index contributed by atoms with van der Waals surface area (Å²) in [5.41, 5.74) is 0.982. The molecule has 31 heavy (non-hydrogen) atoms. The van der Waals surface area contributed by atoms with Crippen LogP contribution >= 0.6 is 15.9 Å². The summed E-state index contributed by atoms with van der Waals surface area (Å²) >= 11 is 3.48. The van der Waals surface area contributed by atoms with E-state index in [0.717, 1.165) is 23.9 Å². The third-order valence-corrected chi connectivity index (χ3v) is 5.14. The van der Waals surface area contributed by atoms with Gasteiger partial charge in [-0.15, -0.1) is 0 Å². The summed E-state index contributed by atoms with van der Waals surface area (Å²) in [4.78, 5) is 0. The van der Waals surface area contributed by atoms with Crippen molar-refractivity contribution >= 4 is 15.9 Å². The highest BCUT2D eigenvalue weighted by Crippen LogP contribution is 2.39. The van der Waals surface area contributed by atoms with E-state index in [1.807, 2.05) is 12.1 Å². The molecule has 1 rings (SSSR count). The molecule has 0 spiro atoms. The Balaban J connectivity index is 2.53. The predicted octanol–water partition coefficient (Wildman–Crippen LogP) is 7.41. The first-order valence-corrected chi connectivity index (χ1v) is 12.4. The summed E-state index contributed by atoms with van der Waals surface area (Å²) in [7, 11) is 0. The first-order valence-electron chi connectivity index (χ1n) is 11.3. The Bertz CT molecular complexity index is 597. The highest BCUT2D eigenvalue weighted by atomic mass is 79.9. The van der Waals surface area contributed by atoms with Crippen LogP contribution in [0.1, 0.15) is 56.9 Å². The van der Waals surface area contributed by atoms with E-state index in [2.05, 4.69) is 35.7 Å². The van der Waals surface area contributed by atoms with Crippen molar-refractivity contribution in [3.8, 4) is 17.2 Å². The van der Waals surface area contributed by atoms with Crippen molar-refractivity contribution in [2.24, 2.45) is 0 Å². The molecule has 4 nitrogen and oxygen atoms in total. The second kappa shape index (κ2) is 19.0. The third-order valence-electron chi connectivity index (χ3n) is 4.58. The number of hydrogen-bond acceptors (Lipinski definition) is 4. The van der Waals surface area contributed by atoms with Gasteiger partial charge in [0.15, 0.2) is 11.5 Å². The van der Waals surface area contributed by atoms with Gasteiger partial charge in [0.25, 0.3) is 0 Å². The van der Waals surface area contributed by atoms with Gasteiger partial charge in [0.1, 0.15) is 19.8 Å². The minimum atomic E-state index is 0.362. The Kier molecular flexibility index (Phi) is 16.7. The second-order valence-corrected chi connectivity index (χ2v) is 8.08. The fourth-order valence-electron chi connectivity index (χ4n) is 3.06. The van der Waals surface area contributed by atoms with E-state index in [4.69, 9.17) is 18.9 Å². The van der Waals surface area contributed by atoms with Crippen molar-refractivity contribution < 1.29 is 18.9 Å². The fourth-order valence-corrected chi connectivity index (χ4v) is 3.46. The van der Waals surface area contributed by atoms with Crippen LogP contribution in [0.2, 0.25) is 0 Å².